The van der Waals surface area contributed by atoms with E-state index < -0.39 is 0 Å². The van der Waals surface area contributed by atoms with E-state index in [1.165, 1.54) is 5.56 Å². The molecule has 1 aromatic carbocycles. The SMILES string of the molecule is Cc1nc2ccccc2c2c1CC(CI)O2. The topological polar surface area (TPSA) is 22.1 Å². The zero-order valence-corrected chi connectivity index (χ0v) is 11.2. The molecule has 0 saturated carbocycles. The minimum absolute atomic E-state index is 0.321. The second-order valence-corrected chi connectivity index (χ2v) is 5.00. The zero-order chi connectivity index (χ0) is 11.1. The van der Waals surface area contributed by atoms with Gasteiger partial charge in [-0.2, -0.15) is 0 Å². The van der Waals surface area contributed by atoms with E-state index in [4.69, 9.17) is 4.74 Å². The predicted octanol–water partition coefficient (Wildman–Crippen LogP) is 3.28. The molecule has 2 aromatic rings. The minimum atomic E-state index is 0.321. The average molecular weight is 325 g/mol. The van der Waals surface area contributed by atoms with E-state index in [-0.39, 0.29) is 0 Å². The van der Waals surface area contributed by atoms with Crippen molar-refractivity contribution in [3.63, 3.8) is 0 Å². The van der Waals surface area contributed by atoms with Crippen LogP contribution in [0.5, 0.6) is 5.75 Å². The highest BCUT2D eigenvalue weighted by Crippen LogP contribution is 2.37. The van der Waals surface area contributed by atoms with E-state index in [0.29, 0.717) is 6.10 Å². The summed E-state index contributed by atoms with van der Waals surface area (Å²) in [6.07, 6.45) is 1.32. The molecule has 0 saturated heterocycles. The summed E-state index contributed by atoms with van der Waals surface area (Å²) < 4.78 is 7.03. The van der Waals surface area contributed by atoms with Crippen LogP contribution >= 0.6 is 22.6 Å². The summed E-state index contributed by atoms with van der Waals surface area (Å²) in [5, 5.41) is 1.15. The van der Waals surface area contributed by atoms with Crippen LogP contribution in [0, 0.1) is 6.92 Å². The number of para-hydroxylation sites is 1. The number of hydrogen-bond acceptors (Lipinski definition) is 2. The third kappa shape index (κ3) is 1.49. The Morgan fingerprint density at radius 1 is 1.44 bits per heavy atom. The standard InChI is InChI=1S/C13H12INO/c1-8-11-6-9(7-14)16-13(11)10-4-2-3-5-12(10)15-8/h2-5,9H,6-7H2,1H3. The molecule has 1 unspecified atom stereocenters. The van der Waals surface area contributed by atoms with E-state index in [1.54, 1.807) is 0 Å². The first kappa shape index (κ1) is 10.3. The lowest BCUT2D eigenvalue weighted by atomic mass is 10.1. The van der Waals surface area contributed by atoms with E-state index in [1.807, 2.05) is 18.2 Å². The minimum Gasteiger partial charge on any atom is -0.488 e. The molecule has 0 fully saturated rings. The summed E-state index contributed by atoms with van der Waals surface area (Å²) in [5.41, 5.74) is 3.44. The summed E-state index contributed by atoms with van der Waals surface area (Å²) in [6.45, 7) is 2.07. The molecule has 3 rings (SSSR count). The highest BCUT2D eigenvalue weighted by atomic mass is 127. The number of benzene rings is 1. The molecule has 1 aliphatic rings. The van der Waals surface area contributed by atoms with Gasteiger partial charge in [0.2, 0.25) is 0 Å². The van der Waals surface area contributed by atoms with Crippen LogP contribution in [0.3, 0.4) is 0 Å². The molecule has 3 heteroatoms. The van der Waals surface area contributed by atoms with Crippen molar-refractivity contribution in [1.29, 1.82) is 0 Å². The van der Waals surface area contributed by atoms with Crippen molar-refractivity contribution >= 4 is 33.5 Å². The summed E-state index contributed by atoms with van der Waals surface area (Å²) in [4.78, 5) is 4.63. The molecule has 16 heavy (non-hydrogen) atoms. The van der Waals surface area contributed by atoms with E-state index in [2.05, 4.69) is 40.6 Å². The lowest BCUT2D eigenvalue weighted by Crippen LogP contribution is -2.13. The Morgan fingerprint density at radius 3 is 3.06 bits per heavy atom. The third-order valence-electron chi connectivity index (χ3n) is 3.04. The molecular weight excluding hydrogens is 313 g/mol. The van der Waals surface area contributed by atoms with Crippen LogP contribution in [-0.2, 0) is 6.42 Å². The van der Waals surface area contributed by atoms with Gasteiger partial charge in [-0.05, 0) is 19.1 Å². The molecule has 82 valence electrons. The molecule has 0 amide bonds. The van der Waals surface area contributed by atoms with Gasteiger partial charge in [0.25, 0.3) is 0 Å². The van der Waals surface area contributed by atoms with Crippen molar-refractivity contribution in [2.24, 2.45) is 0 Å². The lowest BCUT2D eigenvalue weighted by molar-refractivity contribution is 0.265. The maximum atomic E-state index is 6.00. The Morgan fingerprint density at radius 2 is 2.25 bits per heavy atom. The van der Waals surface area contributed by atoms with Crippen molar-refractivity contribution in [3.05, 3.63) is 35.5 Å². The molecule has 0 N–H and O–H groups in total. The van der Waals surface area contributed by atoms with Crippen molar-refractivity contribution in [3.8, 4) is 5.75 Å². The summed E-state index contributed by atoms with van der Waals surface area (Å²) >= 11 is 2.38. The highest BCUT2D eigenvalue weighted by molar-refractivity contribution is 14.1. The van der Waals surface area contributed by atoms with Crippen molar-refractivity contribution in [2.45, 2.75) is 19.4 Å². The largest absolute Gasteiger partial charge is 0.488 e. The molecular formula is C13H12INO. The van der Waals surface area contributed by atoms with Crippen LogP contribution in [-0.4, -0.2) is 15.5 Å². The maximum absolute atomic E-state index is 6.00. The van der Waals surface area contributed by atoms with Crippen LogP contribution in [0.2, 0.25) is 0 Å². The van der Waals surface area contributed by atoms with Gasteiger partial charge >= 0.3 is 0 Å². The fourth-order valence-electron chi connectivity index (χ4n) is 2.24. The molecule has 0 bridgehead atoms. The maximum Gasteiger partial charge on any atom is 0.134 e. The Balaban J connectivity index is 2.27. The van der Waals surface area contributed by atoms with Gasteiger partial charge in [-0.3, -0.25) is 4.98 Å². The lowest BCUT2D eigenvalue weighted by Gasteiger charge is -2.08. The van der Waals surface area contributed by atoms with Crippen molar-refractivity contribution in [1.82, 2.24) is 4.98 Å². The van der Waals surface area contributed by atoms with Crippen LogP contribution < -0.4 is 4.74 Å². The summed E-state index contributed by atoms with van der Waals surface area (Å²) in [5.74, 6) is 1.06. The van der Waals surface area contributed by atoms with Gasteiger partial charge in [0.15, 0.2) is 0 Å². The number of aromatic nitrogens is 1. The first-order valence-electron chi connectivity index (χ1n) is 5.40. The third-order valence-corrected chi connectivity index (χ3v) is 4.02. The molecule has 1 aromatic heterocycles. The number of rotatable bonds is 1. The summed E-state index contributed by atoms with van der Waals surface area (Å²) in [7, 11) is 0. The number of ether oxygens (including phenoxy) is 1. The fraction of sp³-hybridized carbons (Fsp3) is 0.308. The number of aryl methyl sites for hydroxylation is 1. The van der Waals surface area contributed by atoms with E-state index >= 15 is 0 Å². The first-order valence-corrected chi connectivity index (χ1v) is 6.93. The quantitative estimate of drug-likeness (QED) is 0.593. The van der Waals surface area contributed by atoms with Crippen LogP contribution in [0.4, 0.5) is 0 Å². The van der Waals surface area contributed by atoms with Gasteiger partial charge < -0.3 is 4.74 Å². The Labute approximate surface area is 108 Å². The number of hydrogen-bond donors (Lipinski definition) is 0. The normalized spacial score (nSPS) is 18.5. The molecule has 0 spiro atoms. The number of halogens is 1. The second-order valence-electron chi connectivity index (χ2n) is 4.12. The van der Waals surface area contributed by atoms with Crippen molar-refractivity contribution in [2.75, 3.05) is 4.43 Å². The Kier molecular flexibility index (Phi) is 2.50. The molecule has 2 heterocycles. The smallest absolute Gasteiger partial charge is 0.134 e. The van der Waals surface area contributed by atoms with Gasteiger partial charge in [-0.25, -0.2) is 0 Å². The number of alkyl halides is 1. The second kappa shape index (κ2) is 3.87. The summed E-state index contributed by atoms with van der Waals surface area (Å²) in [6, 6.07) is 8.20. The number of nitrogens with zero attached hydrogens (tertiary/aromatic N) is 1. The van der Waals surface area contributed by atoms with Crippen LogP contribution in [0.25, 0.3) is 10.9 Å². The molecule has 1 atom stereocenters. The molecule has 2 nitrogen and oxygen atoms in total. The Bertz CT molecular complexity index is 553. The van der Waals surface area contributed by atoms with Gasteiger partial charge in [0.05, 0.1) is 5.52 Å². The average Bonchev–Trinajstić information content (AvgIpc) is 2.74. The fourth-order valence-corrected chi connectivity index (χ4v) is 2.73. The van der Waals surface area contributed by atoms with Gasteiger partial charge in [0.1, 0.15) is 11.9 Å². The highest BCUT2D eigenvalue weighted by Gasteiger charge is 2.26. The van der Waals surface area contributed by atoms with Gasteiger partial charge in [0, 0.05) is 27.5 Å². The monoisotopic (exact) mass is 325 g/mol. The zero-order valence-electron chi connectivity index (χ0n) is 9.03. The predicted molar refractivity (Wildman–Crippen MR) is 73.5 cm³/mol. The Hall–Kier alpha value is -0.840. The van der Waals surface area contributed by atoms with E-state index in [9.17, 15) is 0 Å². The first-order chi connectivity index (χ1) is 7.79. The number of fused-ring (bicyclic) bond motifs is 3. The molecule has 1 aliphatic heterocycles. The molecule has 0 radical (unpaired) electrons. The van der Waals surface area contributed by atoms with Gasteiger partial charge in [-0.15, -0.1) is 0 Å². The van der Waals surface area contributed by atoms with Crippen LogP contribution in [0.1, 0.15) is 11.3 Å². The van der Waals surface area contributed by atoms with Crippen LogP contribution in [0.15, 0.2) is 24.3 Å². The van der Waals surface area contributed by atoms with E-state index in [0.717, 1.165) is 33.2 Å². The van der Waals surface area contributed by atoms with Crippen molar-refractivity contribution < 1.29 is 4.74 Å². The number of pyridine rings is 1. The van der Waals surface area contributed by atoms with Gasteiger partial charge in [-0.1, -0.05) is 34.7 Å². The molecule has 0 aliphatic carbocycles.